The van der Waals surface area contributed by atoms with Crippen LogP contribution in [0.2, 0.25) is 0 Å². The summed E-state index contributed by atoms with van der Waals surface area (Å²) in [6, 6.07) is 6.00. The van der Waals surface area contributed by atoms with E-state index in [1.807, 2.05) is 23.1 Å². The van der Waals surface area contributed by atoms with Crippen LogP contribution in [0.5, 0.6) is 0 Å². The third-order valence-electron chi connectivity index (χ3n) is 4.11. The molecule has 1 aliphatic heterocycles. The van der Waals surface area contributed by atoms with Gasteiger partial charge in [-0.2, -0.15) is 0 Å². The molecule has 1 heterocycles. The Labute approximate surface area is 128 Å². The molecule has 0 unspecified atom stereocenters. The first-order valence-corrected chi connectivity index (χ1v) is 7.85. The molecule has 0 saturated carbocycles. The van der Waals surface area contributed by atoms with Gasteiger partial charge in [0.15, 0.2) is 0 Å². The first kappa shape index (κ1) is 16.0. The molecular formula is C18H28N2O. The van der Waals surface area contributed by atoms with Crippen molar-refractivity contribution in [1.82, 2.24) is 9.80 Å². The number of nitrogens with zero attached hydrogens (tertiary/aromatic N) is 2. The van der Waals surface area contributed by atoms with E-state index < -0.39 is 0 Å². The van der Waals surface area contributed by atoms with Crippen molar-refractivity contribution in [2.24, 2.45) is 5.41 Å². The van der Waals surface area contributed by atoms with Crippen LogP contribution in [0.1, 0.15) is 42.3 Å². The van der Waals surface area contributed by atoms with Gasteiger partial charge in [-0.25, -0.2) is 0 Å². The molecule has 1 aliphatic rings. The monoisotopic (exact) mass is 288 g/mol. The van der Waals surface area contributed by atoms with Crippen LogP contribution in [0.15, 0.2) is 18.2 Å². The van der Waals surface area contributed by atoms with Crippen LogP contribution in [-0.4, -0.2) is 48.4 Å². The lowest BCUT2D eigenvalue weighted by atomic mass is 9.96. The molecule has 0 bridgehead atoms. The smallest absolute Gasteiger partial charge is 0.253 e. The molecule has 0 aliphatic carbocycles. The molecular weight excluding hydrogens is 260 g/mol. The Morgan fingerprint density at radius 1 is 1.05 bits per heavy atom. The van der Waals surface area contributed by atoms with E-state index in [4.69, 9.17) is 0 Å². The van der Waals surface area contributed by atoms with Crippen molar-refractivity contribution < 1.29 is 4.79 Å². The van der Waals surface area contributed by atoms with Crippen molar-refractivity contribution in [2.45, 2.75) is 34.6 Å². The SMILES string of the molecule is Cc1ccc(C(=O)N2CCN(CC(C)(C)C)CC2)cc1C. The highest BCUT2D eigenvalue weighted by Crippen LogP contribution is 2.18. The summed E-state index contributed by atoms with van der Waals surface area (Å²) >= 11 is 0. The van der Waals surface area contributed by atoms with Crippen molar-refractivity contribution in [1.29, 1.82) is 0 Å². The molecule has 3 nitrogen and oxygen atoms in total. The summed E-state index contributed by atoms with van der Waals surface area (Å²) in [7, 11) is 0. The average Bonchev–Trinajstić information content (AvgIpc) is 2.40. The van der Waals surface area contributed by atoms with Crippen LogP contribution in [-0.2, 0) is 0 Å². The van der Waals surface area contributed by atoms with Crippen LogP contribution < -0.4 is 0 Å². The topological polar surface area (TPSA) is 23.6 Å². The normalized spacial score (nSPS) is 17.1. The Bertz CT molecular complexity index is 508. The summed E-state index contributed by atoms with van der Waals surface area (Å²) in [6.07, 6.45) is 0. The molecule has 3 heteroatoms. The largest absolute Gasteiger partial charge is 0.336 e. The summed E-state index contributed by atoms with van der Waals surface area (Å²) in [5.74, 6) is 0.175. The quantitative estimate of drug-likeness (QED) is 0.835. The van der Waals surface area contributed by atoms with Gasteiger partial charge in [0.1, 0.15) is 0 Å². The van der Waals surface area contributed by atoms with Gasteiger partial charge < -0.3 is 4.90 Å². The lowest BCUT2D eigenvalue weighted by Gasteiger charge is -2.37. The first-order valence-electron chi connectivity index (χ1n) is 7.85. The third-order valence-corrected chi connectivity index (χ3v) is 4.11. The molecule has 116 valence electrons. The van der Waals surface area contributed by atoms with E-state index in [1.165, 1.54) is 11.1 Å². The van der Waals surface area contributed by atoms with Gasteiger partial charge in [-0.1, -0.05) is 26.8 Å². The Kier molecular flexibility index (Phi) is 4.72. The molecule has 0 N–H and O–H groups in total. The van der Waals surface area contributed by atoms with E-state index in [9.17, 15) is 4.79 Å². The molecule has 1 saturated heterocycles. The second-order valence-corrected chi connectivity index (χ2v) is 7.43. The van der Waals surface area contributed by atoms with Crippen LogP contribution in [0.4, 0.5) is 0 Å². The third kappa shape index (κ3) is 4.31. The Morgan fingerprint density at radius 3 is 2.19 bits per heavy atom. The number of aryl methyl sites for hydroxylation is 2. The summed E-state index contributed by atoms with van der Waals surface area (Å²) < 4.78 is 0. The summed E-state index contributed by atoms with van der Waals surface area (Å²) in [5, 5.41) is 0. The molecule has 21 heavy (non-hydrogen) atoms. The molecule has 0 radical (unpaired) electrons. The Balaban J connectivity index is 1.95. The van der Waals surface area contributed by atoms with Crippen molar-refractivity contribution in [3.05, 3.63) is 34.9 Å². The van der Waals surface area contributed by atoms with Gasteiger partial charge in [0.05, 0.1) is 0 Å². The highest BCUT2D eigenvalue weighted by Gasteiger charge is 2.24. The second kappa shape index (κ2) is 6.18. The standard InChI is InChI=1S/C18H28N2O/c1-14-6-7-16(12-15(14)2)17(21)20-10-8-19(9-11-20)13-18(3,4)5/h6-7,12H,8-11,13H2,1-5H3. The maximum atomic E-state index is 12.6. The lowest BCUT2D eigenvalue weighted by molar-refractivity contribution is 0.0592. The van der Waals surface area contributed by atoms with E-state index in [2.05, 4.69) is 39.5 Å². The van der Waals surface area contributed by atoms with Crippen molar-refractivity contribution in [3.63, 3.8) is 0 Å². The number of rotatable bonds is 2. The molecule has 2 rings (SSSR count). The van der Waals surface area contributed by atoms with Gasteiger partial charge in [0.2, 0.25) is 0 Å². The van der Waals surface area contributed by atoms with Crippen LogP contribution in [0.3, 0.4) is 0 Å². The molecule has 1 aromatic rings. The first-order chi connectivity index (χ1) is 9.76. The predicted molar refractivity (Wildman–Crippen MR) is 87.7 cm³/mol. The fourth-order valence-electron chi connectivity index (χ4n) is 2.84. The number of hydrogen-bond acceptors (Lipinski definition) is 2. The lowest BCUT2D eigenvalue weighted by Crippen LogP contribution is -2.50. The number of carbonyl (C=O) groups excluding carboxylic acids is 1. The molecule has 0 spiro atoms. The zero-order chi connectivity index (χ0) is 15.6. The van der Waals surface area contributed by atoms with Gasteiger partial charge in [-0.3, -0.25) is 9.69 Å². The van der Waals surface area contributed by atoms with Gasteiger partial charge >= 0.3 is 0 Å². The Hall–Kier alpha value is -1.35. The second-order valence-electron chi connectivity index (χ2n) is 7.43. The summed E-state index contributed by atoms with van der Waals surface area (Å²) in [6.45, 7) is 15.7. The fraction of sp³-hybridized carbons (Fsp3) is 0.611. The van der Waals surface area contributed by atoms with Crippen molar-refractivity contribution >= 4 is 5.91 Å². The minimum atomic E-state index is 0.175. The zero-order valence-corrected chi connectivity index (χ0v) is 14.1. The van der Waals surface area contributed by atoms with Crippen LogP contribution in [0.25, 0.3) is 0 Å². The van der Waals surface area contributed by atoms with E-state index in [-0.39, 0.29) is 5.91 Å². The minimum Gasteiger partial charge on any atom is -0.336 e. The van der Waals surface area contributed by atoms with E-state index in [0.29, 0.717) is 5.41 Å². The predicted octanol–water partition coefficient (Wildman–Crippen LogP) is 3.11. The van der Waals surface area contributed by atoms with Gasteiger partial charge in [-0.05, 0) is 42.5 Å². The van der Waals surface area contributed by atoms with E-state index in [0.717, 1.165) is 38.3 Å². The van der Waals surface area contributed by atoms with Gasteiger partial charge in [0.25, 0.3) is 5.91 Å². The number of piperazine rings is 1. The fourth-order valence-corrected chi connectivity index (χ4v) is 2.84. The maximum absolute atomic E-state index is 12.6. The molecule has 1 amide bonds. The summed E-state index contributed by atoms with van der Waals surface area (Å²) in [4.78, 5) is 17.0. The highest BCUT2D eigenvalue weighted by atomic mass is 16.2. The van der Waals surface area contributed by atoms with Gasteiger partial charge in [-0.15, -0.1) is 0 Å². The Morgan fingerprint density at radius 2 is 1.67 bits per heavy atom. The van der Waals surface area contributed by atoms with Gasteiger partial charge in [0, 0.05) is 38.3 Å². The molecule has 1 fully saturated rings. The number of benzene rings is 1. The number of carbonyl (C=O) groups is 1. The van der Waals surface area contributed by atoms with E-state index >= 15 is 0 Å². The highest BCUT2D eigenvalue weighted by molar-refractivity contribution is 5.94. The zero-order valence-electron chi connectivity index (χ0n) is 14.1. The number of hydrogen-bond donors (Lipinski definition) is 0. The molecule has 0 aromatic heterocycles. The molecule has 1 aromatic carbocycles. The van der Waals surface area contributed by atoms with Crippen molar-refractivity contribution in [2.75, 3.05) is 32.7 Å². The molecule has 0 atom stereocenters. The van der Waals surface area contributed by atoms with E-state index in [1.54, 1.807) is 0 Å². The minimum absolute atomic E-state index is 0.175. The maximum Gasteiger partial charge on any atom is 0.253 e. The van der Waals surface area contributed by atoms with Crippen molar-refractivity contribution in [3.8, 4) is 0 Å². The van der Waals surface area contributed by atoms with Crippen LogP contribution in [0, 0.1) is 19.3 Å². The summed E-state index contributed by atoms with van der Waals surface area (Å²) in [5.41, 5.74) is 3.57. The number of amides is 1. The average molecular weight is 288 g/mol. The van der Waals surface area contributed by atoms with Crippen LogP contribution >= 0.6 is 0 Å².